The molecule has 10 heteroatoms. The number of benzene rings is 2. The monoisotopic (exact) mass is 488 g/mol. The molecule has 1 amide bonds. The number of carbonyl (C=O) groups excluding carboxylic acids is 2. The lowest BCUT2D eigenvalue weighted by Crippen LogP contribution is -2.48. The number of rotatable bonds is 7. The maximum Gasteiger partial charge on any atom is 0.348 e. The Hall–Kier alpha value is -3.11. The highest BCUT2D eigenvalue weighted by atomic mass is 32.2. The van der Waals surface area contributed by atoms with Crippen LogP contribution in [0, 0.1) is 0 Å². The molecule has 1 heterocycles. The number of ether oxygens (including phenoxy) is 3. The van der Waals surface area contributed by atoms with Crippen LogP contribution < -0.4 is 19.1 Å². The molecule has 2 aliphatic rings. The van der Waals surface area contributed by atoms with Crippen LogP contribution in [0.5, 0.6) is 11.5 Å². The van der Waals surface area contributed by atoms with Crippen molar-refractivity contribution in [2.45, 2.75) is 49.1 Å². The number of sulfonamides is 1. The molecule has 1 N–H and O–H groups in total. The van der Waals surface area contributed by atoms with Crippen LogP contribution in [0.15, 0.2) is 53.4 Å². The molecule has 2 aromatic rings. The summed E-state index contributed by atoms with van der Waals surface area (Å²) in [6.07, 6.45) is 3.96. The van der Waals surface area contributed by atoms with Gasteiger partial charge in [0.1, 0.15) is 11.5 Å². The van der Waals surface area contributed by atoms with E-state index >= 15 is 0 Å². The van der Waals surface area contributed by atoms with Gasteiger partial charge in [0.05, 0.1) is 24.2 Å². The Kier molecular flexibility index (Phi) is 7.38. The van der Waals surface area contributed by atoms with Crippen molar-refractivity contribution in [3.05, 3.63) is 48.5 Å². The SMILES string of the molecule is COC(=O)C1CN(C(=O)COc2ccc(S(=O)(=O)NC3CCCCC3)cc2)c2ccccc2O1. The van der Waals surface area contributed by atoms with Crippen molar-refractivity contribution in [2.24, 2.45) is 0 Å². The van der Waals surface area contributed by atoms with Gasteiger partial charge in [0, 0.05) is 6.04 Å². The Labute approximate surface area is 199 Å². The Bertz CT molecular complexity index is 1130. The summed E-state index contributed by atoms with van der Waals surface area (Å²) in [4.78, 5) is 26.5. The van der Waals surface area contributed by atoms with Gasteiger partial charge in [0.15, 0.2) is 6.61 Å². The topological polar surface area (TPSA) is 111 Å². The smallest absolute Gasteiger partial charge is 0.348 e. The molecule has 1 saturated carbocycles. The third kappa shape index (κ3) is 5.51. The number of hydrogen-bond donors (Lipinski definition) is 1. The van der Waals surface area contributed by atoms with E-state index in [0.717, 1.165) is 32.1 Å². The van der Waals surface area contributed by atoms with Crippen LogP contribution in [-0.4, -0.2) is 52.7 Å². The minimum atomic E-state index is -3.61. The molecule has 34 heavy (non-hydrogen) atoms. The van der Waals surface area contributed by atoms with Crippen LogP contribution in [0.3, 0.4) is 0 Å². The van der Waals surface area contributed by atoms with Crippen LogP contribution in [0.4, 0.5) is 5.69 Å². The van der Waals surface area contributed by atoms with Crippen molar-refractivity contribution in [3.8, 4) is 11.5 Å². The van der Waals surface area contributed by atoms with Gasteiger partial charge in [-0.1, -0.05) is 31.4 Å². The van der Waals surface area contributed by atoms with Gasteiger partial charge in [0.25, 0.3) is 5.91 Å². The molecular weight excluding hydrogens is 460 g/mol. The summed E-state index contributed by atoms with van der Waals surface area (Å²) in [5.41, 5.74) is 0.534. The quantitative estimate of drug-likeness (QED) is 0.597. The fourth-order valence-corrected chi connectivity index (χ4v) is 5.48. The van der Waals surface area contributed by atoms with Gasteiger partial charge in [0.2, 0.25) is 16.1 Å². The number of hydrogen-bond acceptors (Lipinski definition) is 7. The summed E-state index contributed by atoms with van der Waals surface area (Å²) in [5.74, 6) is -0.194. The van der Waals surface area contributed by atoms with Gasteiger partial charge in [-0.25, -0.2) is 17.9 Å². The summed E-state index contributed by atoms with van der Waals surface area (Å²) in [7, 11) is -2.35. The molecule has 1 aliphatic carbocycles. The maximum absolute atomic E-state index is 12.9. The zero-order valence-corrected chi connectivity index (χ0v) is 19.8. The molecule has 0 bridgehead atoms. The van der Waals surface area contributed by atoms with E-state index in [1.807, 2.05) is 0 Å². The molecule has 1 aliphatic heterocycles. The van der Waals surface area contributed by atoms with E-state index in [1.54, 1.807) is 24.3 Å². The van der Waals surface area contributed by atoms with Crippen molar-refractivity contribution < 1.29 is 32.2 Å². The predicted molar refractivity (Wildman–Crippen MR) is 124 cm³/mol. The second-order valence-electron chi connectivity index (χ2n) is 8.32. The standard InChI is InChI=1S/C24H28N2O7S/c1-31-24(28)22-15-26(20-9-5-6-10-21(20)33-22)23(27)16-32-18-11-13-19(14-12-18)34(29,30)25-17-7-3-2-4-8-17/h5-6,9-14,17,22,25H,2-4,7-8,15-16H2,1H3. The molecule has 4 rings (SSSR count). The summed E-state index contributed by atoms with van der Waals surface area (Å²) in [6, 6.07) is 12.8. The average Bonchev–Trinajstić information content (AvgIpc) is 2.86. The highest BCUT2D eigenvalue weighted by molar-refractivity contribution is 7.89. The highest BCUT2D eigenvalue weighted by Crippen LogP contribution is 2.33. The number of carbonyl (C=O) groups is 2. The molecule has 0 spiro atoms. The maximum atomic E-state index is 12.9. The van der Waals surface area contributed by atoms with E-state index in [-0.39, 0.29) is 30.0 Å². The first kappa shape index (κ1) is 24.0. The lowest BCUT2D eigenvalue weighted by Gasteiger charge is -2.33. The first-order valence-electron chi connectivity index (χ1n) is 11.3. The fourth-order valence-electron chi connectivity index (χ4n) is 4.17. The molecule has 0 radical (unpaired) electrons. The van der Waals surface area contributed by atoms with Crippen LogP contribution in [-0.2, 0) is 24.3 Å². The van der Waals surface area contributed by atoms with Gasteiger partial charge >= 0.3 is 5.97 Å². The van der Waals surface area contributed by atoms with Gasteiger partial charge in [-0.05, 0) is 49.2 Å². The first-order chi connectivity index (χ1) is 16.4. The second kappa shape index (κ2) is 10.4. The van der Waals surface area contributed by atoms with Crippen molar-refractivity contribution in [3.63, 3.8) is 0 Å². The first-order valence-corrected chi connectivity index (χ1v) is 12.7. The molecule has 0 aromatic heterocycles. The van der Waals surface area contributed by atoms with Crippen molar-refractivity contribution in [1.82, 2.24) is 4.72 Å². The van der Waals surface area contributed by atoms with Crippen molar-refractivity contribution in [1.29, 1.82) is 0 Å². The molecule has 2 aromatic carbocycles. The minimum absolute atomic E-state index is 0.00407. The van der Waals surface area contributed by atoms with Gasteiger partial charge in [-0.3, -0.25) is 4.79 Å². The lowest BCUT2D eigenvalue weighted by molar-refractivity contribution is -0.148. The van der Waals surface area contributed by atoms with Crippen LogP contribution in [0.1, 0.15) is 32.1 Å². The van der Waals surface area contributed by atoms with E-state index in [2.05, 4.69) is 4.72 Å². The number of methoxy groups -OCH3 is 1. The Morgan fingerprint density at radius 2 is 1.76 bits per heavy atom. The summed E-state index contributed by atoms with van der Waals surface area (Å²) in [5, 5.41) is 0. The number of fused-ring (bicyclic) bond motifs is 1. The number of para-hydroxylation sites is 2. The molecule has 182 valence electrons. The van der Waals surface area contributed by atoms with Gasteiger partial charge in [-0.2, -0.15) is 0 Å². The molecular formula is C24H28N2O7S. The Morgan fingerprint density at radius 3 is 2.47 bits per heavy atom. The highest BCUT2D eigenvalue weighted by Gasteiger charge is 2.34. The van der Waals surface area contributed by atoms with Crippen LogP contribution in [0.2, 0.25) is 0 Å². The van der Waals surface area contributed by atoms with E-state index in [9.17, 15) is 18.0 Å². The Balaban J connectivity index is 1.39. The predicted octanol–water partition coefficient (Wildman–Crippen LogP) is 2.64. The number of nitrogens with one attached hydrogen (secondary N) is 1. The molecule has 1 unspecified atom stereocenters. The zero-order valence-electron chi connectivity index (χ0n) is 18.9. The number of esters is 1. The number of anilines is 1. The van der Waals surface area contributed by atoms with Crippen molar-refractivity contribution >= 4 is 27.6 Å². The zero-order chi connectivity index (χ0) is 24.1. The normalized spacial score (nSPS) is 18.5. The minimum Gasteiger partial charge on any atom is -0.484 e. The third-order valence-electron chi connectivity index (χ3n) is 5.96. The fraction of sp³-hybridized carbons (Fsp3) is 0.417. The van der Waals surface area contributed by atoms with Crippen LogP contribution >= 0.6 is 0 Å². The largest absolute Gasteiger partial charge is 0.484 e. The lowest BCUT2D eigenvalue weighted by atomic mass is 9.96. The second-order valence-corrected chi connectivity index (χ2v) is 10.0. The molecule has 0 saturated heterocycles. The van der Waals surface area contributed by atoms with E-state index < -0.39 is 22.1 Å². The summed E-state index contributed by atoms with van der Waals surface area (Å²) in [6.45, 7) is -0.301. The van der Waals surface area contributed by atoms with Gasteiger partial charge < -0.3 is 19.1 Å². The number of amides is 1. The van der Waals surface area contributed by atoms with Crippen molar-refractivity contribution in [2.75, 3.05) is 25.2 Å². The summed E-state index contributed by atoms with van der Waals surface area (Å²) >= 11 is 0. The van der Waals surface area contributed by atoms with Crippen LogP contribution in [0.25, 0.3) is 0 Å². The number of nitrogens with zero attached hydrogens (tertiary/aromatic N) is 1. The van der Waals surface area contributed by atoms with E-state index in [1.165, 1.54) is 36.3 Å². The third-order valence-corrected chi connectivity index (χ3v) is 7.50. The average molecular weight is 489 g/mol. The van der Waals surface area contributed by atoms with E-state index in [4.69, 9.17) is 14.2 Å². The summed E-state index contributed by atoms with van der Waals surface area (Å²) < 4.78 is 44.1. The molecule has 1 atom stereocenters. The van der Waals surface area contributed by atoms with E-state index in [0.29, 0.717) is 17.2 Å². The Morgan fingerprint density at radius 1 is 1.06 bits per heavy atom. The molecule has 9 nitrogen and oxygen atoms in total. The van der Waals surface area contributed by atoms with Gasteiger partial charge in [-0.15, -0.1) is 0 Å². The molecule has 1 fully saturated rings.